The predicted octanol–water partition coefficient (Wildman–Crippen LogP) is 1.57. The monoisotopic (exact) mass is 450 g/mol. The van der Waals surface area contributed by atoms with Crippen molar-refractivity contribution >= 4 is 39.7 Å². The molecule has 2 N–H and O–H groups in total. The molecule has 0 saturated carbocycles. The van der Waals surface area contributed by atoms with Crippen LogP contribution in [-0.4, -0.2) is 45.7 Å². The lowest BCUT2D eigenvalue weighted by Gasteiger charge is -2.23. The first-order valence-corrected chi connectivity index (χ1v) is 9.33. The van der Waals surface area contributed by atoms with Gasteiger partial charge in [0, 0.05) is 23.2 Å². The Hall–Kier alpha value is -1.94. The van der Waals surface area contributed by atoms with Gasteiger partial charge in [-0.15, -0.1) is 0 Å². The van der Waals surface area contributed by atoms with E-state index in [1.54, 1.807) is 10.8 Å². The Morgan fingerprint density at radius 3 is 3.08 bits per heavy atom. The number of anilines is 1. The van der Waals surface area contributed by atoms with E-state index >= 15 is 0 Å². The smallest absolute Gasteiger partial charge is 0.328 e. The van der Waals surface area contributed by atoms with Crippen molar-refractivity contribution in [2.24, 2.45) is 0 Å². The van der Waals surface area contributed by atoms with Crippen molar-refractivity contribution in [2.75, 3.05) is 25.0 Å². The van der Waals surface area contributed by atoms with E-state index in [9.17, 15) is 4.79 Å². The SMILES string of the molecule is CN(c1ncc2[nH]c(=O)n(Cc3cccc(I)c3)c2n1)[C@@H]1CCNC1. The van der Waals surface area contributed by atoms with Crippen LogP contribution in [0.15, 0.2) is 35.3 Å². The Bertz CT molecular complexity index is 959. The molecule has 1 fully saturated rings. The fourth-order valence-electron chi connectivity index (χ4n) is 3.20. The van der Waals surface area contributed by atoms with E-state index in [0.29, 0.717) is 29.7 Å². The Morgan fingerprint density at radius 2 is 2.32 bits per heavy atom. The minimum atomic E-state index is -0.162. The van der Waals surface area contributed by atoms with Gasteiger partial charge in [0.05, 0.1) is 12.7 Å². The molecule has 0 amide bonds. The second-order valence-electron chi connectivity index (χ2n) is 6.31. The first-order chi connectivity index (χ1) is 12.1. The molecule has 4 rings (SSSR count). The maximum atomic E-state index is 12.4. The van der Waals surface area contributed by atoms with Crippen LogP contribution in [0.4, 0.5) is 5.95 Å². The highest BCUT2D eigenvalue weighted by atomic mass is 127. The fourth-order valence-corrected chi connectivity index (χ4v) is 3.81. The molecule has 1 aliphatic heterocycles. The number of nitrogens with one attached hydrogen (secondary N) is 2. The van der Waals surface area contributed by atoms with Gasteiger partial charge >= 0.3 is 5.69 Å². The second kappa shape index (κ2) is 6.75. The average Bonchev–Trinajstić information content (AvgIpc) is 3.23. The molecule has 0 spiro atoms. The quantitative estimate of drug-likeness (QED) is 0.591. The van der Waals surface area contributed by atoms with Crippen molar-refractivity contribution in [1.82, 2.24) is 24.8 Å². The molecule has 2 aromatic heterocycles. The Labute approximate surface area is 158 Å². The highest BCUT2D eigenvalue weighted by Gasteiger charge is 2.22. The standard InChI is InChI=1S/C17H19IN6O/c1-23(13-5-6-19-8-13)16-20-9-14-15(22-16)24(17(25)21-14)10-11-3-2-4-12(18)7-11/h2-4,7,9,13,19H,5-6,8,10H2,1H3,(H,21,25)/t13-/m1/s1. The molecule has 7 nitrogen and oxygen atoms in total. The maximum Gasteiger partial charge on any atom is 0.328 e. The summed E-state index contributed by atoms with van der Waals surface area (Å²) in [5.41, 5.74) is 2.22. The topological polar surface area (TPSA) is 78.8 Å². The first-order valence-electron chi connectivity index (χ1n) is 8.25. The van der Waals surface area contributed by atoms with Crippen LogP contribution in [0.2, 0.25) is 0 Å². The van der Waals surface area contributed by atoms with Crippen LogP contribution >= 0.6 is 22.6 Å². The van der Waals surface area contributed by atoms with Crippen LogP contribution < -0.4 is 15.9 Å². The second-order valence-corrected chi connectivity index (χ2v) is 7.56. The van der Waals surface area contributed by atoms with Crippen LogP contribution in [-0.2, 0) is 6.54 Å². The van der Waals surface area contributed by atoms with E-state index in [0.717, 1.165) is 28.6 Å². The van der Waals surface area contributed by atoms with Crippen molar-refractivity contribution < 1.29 is 0 Å². The zero-order valence-electron chi connectivity index (χ0n) is 13.9. The molecule has 1 aliphatic rings. The van der Waals surface area contributed by atoms with E-state index < -0.39 is 0 Å². The molecular formula is C17H19IN6O. The predicted molar refractivity (Wildman–Crippen MR) is 106 cm³/mol. The van der Waals surface area contributed by atoms with Gasteiger partial charge in [-0.1, -0.05) is 12.1 Å². The number of H-pyrrole nitrogens is 1. The minimum absolute atomic E-state index is 0.162. The van der Waals surface area contributed by atoms with E-state index in [-0.39, 0.29) is 5.69 Å². The number of fused-ring (bicyclic) bond motifs is 1. The molecule has 1 saturated heterocycles. The van der Waals surface area contributed by atoms with Gasteiger partial charge in [0.1, 0.15) is 5.52 Å². The van der Waals surface area contributed by atoms with Gasteiger partial charge in [0.25, 0.3) is 0 Å². The number of rotatable bonds is 4. The van der Waals surface area contributed by atoms with Gasteiger partial charge in [0.15, 0.2) is 5.65 Å². The molecule has 3 aromatic rings. The highest BCUT2D eigenvalue weighted by Crippen LogP contribution is 2.17. The molecule has 0 aliphatic carbocycles. The number of hydrogen-bond acceptors (Lipinski definition) is 5. The number of halogens is 1. The first kappa shape index (κ1) is 16.5. The summed E-state index contributed by atoms with van der Waals surface area (Å²) < 4.78 is 2.82. The van der Waals surface area contributed by atoms with Crippen LogP contribution in [0.25, 0.3) is 11.2 Å². The van der Waals surface area contributed by atoms with E-state index in [2.05, 4.69) is 53.8 Å². The average molecular weight is 450 g/mol. The molecule has 0 bridgehead atoms. The van der Waals surface area contributed by atoms with Crippen LogP contribution in [0.1, 0.15) is 12.0 Å². The number of benzene rings is 1. The lowest BCUT2D eigenvalue weighted by molar-refractivity contribution is 0.668. The van der Waals surface area contributed by atoms with Crippen molar-refractivity contribution in [3.05, 3.63) is 50.1 Å². The number of likely N-dealkylation sites (N-methyl/N-ethyl adjacent to an activating group) is 1. The van der Waals surface area contributed by atoms with Crippen LogP contribution in [0, 0.1) is 3.57 Å². The van der Waals surface area contributed by atoms with Crippen LogP contribution in [0.5, 0.6) is 0 Å². The summed E-state index contributed by atoms with van der Waals surface area (Å²) in [7, 11) is 2.01. The van der Waals surface area contributed by atoms with Crippen molar-refractivity contribution in [3.63, 3.8) is 0 Å². The molecule has 1 atom stereocenters. The van der Waals surface area contributed by atoms with Crippen molar-refractivity contribution in [3.8, 4) is 0 Å². The number of imidazole rings is 1. The summed E-state index contributed by atoms with van der Waals surface area (Å²) in [6.07, 6.45) is 2.77. The number of aromatic amines is 1. The Balaban J connectivity index is 1.72. The van der Waals surface area contributed by atoms with Crippen molar-refractivity contribution in [1.29, 1.82) is 0 Å². The minimum Gasteiger partial charge on any atom is -0.340 e. The number of aromatic nitrogens is 4. The van der Waals surface area contributed by atoms with Crippen LogP contribution in [0.3, 0.4) is 0 Å². The molecule has 0 unspecified atom stereocenters. The Morgan fingerprint density at radius 1 is 1.44 bits per heavy atom. The normalized spacial score (nSPS) is 17.3. The number of nitrogens with zero attached hydrogens (tertiary/aromatic N) is 4. The lowest BCUT2D eigenvalue weighted by atomic mass is 10.2. The zero-order chi connectivity index (χ0) is 17.4. The summed E-state index contributed by atoms with van der Waals surface area (Å²) in [4.78, 5) is 26.4. The van der Waals surface area contributed by atoms with E-state index in [4.69, 9.17) is 0 Å². The molecular weight excluding hydrogens is 431 g/mol. The molecule has 1 aromatic carbocycles. The van der Waals surface area contributed by atoms with Gasteiger partial charge in [-0.25, -0.2) is 9.78 Å². The molecule has 3 heterocycles. The third kappa shape index (κ3) is 3.28. The third-order valence-electron chi connectivity index (χ3n) is 4.63. The fraction of sp³-hybridized carbons (Fsp3) is 0.353. The van der Waals surface area contributed by atoms with Gasteiger partial charge in [0.2, 0.25) is 5.95 Å². The van der Waals surface area contributed by atoms with Gasteiger partial charge in [-0.3, -0.25) is 4.57 Å². The molecule has 0 radical (unpaired) electrons. The highest BCUT2D eigenvalue weighted by molar-refractivity contribution is 14.1. The molecule has 8 heteroatoms. The number of hydrogen-bond donors (Lipinski definition) is 2. The third-order valence-corrected chi connectivity index (χ3v) is 5.30. The largest absolute Gasteiger partial charge is 0.340 e. The molecule has 25 heavy (non-hydrogen) atoms. The van der Waals surface area contributed by atoms with E-state index in [1.165, 1.54) is 0 Å². The molecule has 130 valence electrons. The summed E-state index contributed by atoms with van der Waals surface area (Å²) in [6, 6.07) is 8.51. The summed E-state index contributed by atoms with van der Waals surface area (Å²) >= 11 is 2.28. The van der Waals surface area contributed by atoms with E-state index in [1.807, 2.05) is 25.2 Å². The Kier molecular flexibility index (Phi) is 4.46. The summed E-state index contributed by atoms with van der Waals surface area (Å²) in [6.45, 7) is 2.43. The van der Waals surface area contributed by atoms with Gasteiger partial charge in [-0.05, 0) is 53.3 Å². The summed E-state index contributed by atoms with van der Waals surface area (Å²) in [5, 5.41) is 3.35. The van der Waals surface area contributed by atoms with Gasteiger partial charge in [-0.2, -0.15) is 4.98 Å². The van der Waals surface area contributed by atoms with Gasteiger partial charge < -0.3 is 15.2 Å². The summed E-state index contributed by atoms with van der Waals surface area (Å²) in [5.74, 6) is 0.650. The zero-order valence-corrected chi connectivity index (χ0v) is 16.0. The maximum absolute atomic E-state index is 12.4. The van der Waals surface area contributed by atoms with Crippen molar-refractivity contribution in [2.45, 2.75) is 19.0 Å². The lowest BCUT2D eigenvalue weighted by Crippen LogP contribution is -2.34.